The molecule has 5 nitrogen and oxygen atoms in total. The number of nitrogens with one attached hydrogen (secondary N) is 1. The Hall–Kier alpha value is -2.89. The van der Waals surface area contributed by atoms with E-state index in [-0.39, 0.29) is 12.3 Å². The van der Waals surface area contributed by atoms with Crippen molar-refractivity contribution in [2.75, 3.05) is 7.11 Å². The Labute approximate surface area is 127 Å². The van der Waals surface area contributed by atoms with Crippen LogP contribution in [0.1, 0.15) is 11.1 Å². The van der Waals surface area contributed by atoms with Crippen LogP contribution in [0.25, 0.3) is 0 Å². The van der Waals surface area contributed by atoms with Crippen molar-refractivity contribution < 1.29 is 19.0 Å². The highest BCUT2D eigenvalue weighted by molar-refractivity contribution is 5.83. The first kappa shape index (κ1) is 15.5. The summed E-state index contributed by atoms with van der Waals surface area (Å²) in [6.07, 6.45) is 1.45. The van der Waals surface area contributed by atoms with Crippen LogP contribution in [0, 0.1) is 5.82 Å². The molecule has 2 rings (SSSR count). The molecule has 22 heavy (non-hydrogen) atoms. The van der Waals surface area contributed by atoms with Gasteiger partial charge in [-0.15, -0.1) is 0 Å². The van der Waals surface area contributed by atoms with Gasteiger partial charge in [-0.05, 0) is 41.5 Å². The zero-order valence-corrected chi connectivity index (χ0v) is 11.9. The highest BCUT2D eigenvalue weighted by atomic mass is 19.1. The summed E-state index contributed by atoms with van der Waals surface area (Å²) in [6.45, 7) is 0. The number of rotatable bonds is 5. The maximum atomic E-state index is 13.1. The Morgan fingerprint density at radius 2 is 2.18 bits per heavy atom. The number of nitrogens with zero attached hydrogens (tertiary/aromatic N) is 1. The Balaban J connectivity index is 1.91. The topological polar surface area (TPSA) is 70.9 Å². The van der Waals surface area contributed by atoms with Crippen molar-refractivity contribution in [3.05, 3.63) is 59.4 Å². The number of carbonyl (C=O) groups is 1. The predicted molar refractivity (Wildman–Crippen MR) is 80.5 cm³/mol. The van der Waals surface area contributed by atoms with Crippen molar-refractivity contribution >= 4 is 12.1 Å². The molecule has 0 fully saturated rings. The van der Waals surface area contributed by atoms with E-state index in [2.05, 4.69) is 10.5 Å². The lowest BCUT2D eigenvalue weighted by atomic mass is 10.1. The minimum atomic E-state index is -0.744. The Bertz CT molecular complexity index is 702. The van der Waals surface area contributed by atoms with Gasteiger partial charge in [-0.3, -0.25) is 4.79 Å². The van der Waals surface area contributed by atoms with Gasteiger partial charge >= 0.3 is 0 Å². The molecular weight excluding hydrogens is 287 g/mol. The molecule has 0 atom stereocenters. The molecule has 0 unspecified atom stereocenters. The van der Waals surface area contributed by atoms with Gasteiger partial charge in [0.1, 0.15) is 5.75 Å². The smallest absolute Gasteiger partial charge is 0.244 e. The van der Waals surface area contributed by atoms with E-state index >= 15 is 0 Å². The van der Waals surface area contributed by atoms with Gasteiger partial charge in [-0.1, -0.05) is 12.1 Å². The molecular formula is C16H15FN2O3. The molecule has 0 radical (unpaired) electrons. The molecule has 114 valence electrons. The first-order chi connectivity index (χ1) is 10.6. The van der Waals surface area contributed by atoms with Crippen LogP contribution in [0.3, 0.4) is 0 Å². The molecule has 6 heteroatoms. The Morgan fingerprint density at radius 3 is 2.91 bits per heavy atom. The summed E-state index contributed by atoms with van der Waals surface area (Å²) in [4.78, 5) is 11.7. The van der Waals surface area contributed by atoms with Crippen LogP contribution in [0.4, 0.5) is 4.39 Å². The second kappa shape index (κ2) is 7.21. The lowest BCUT2D eigenvalue weighted by molar-refractivity contribution is -0.120. The van der Waals surface area contributed by atoms with Crippen LogP contribution in [-0.4, -0.2) is 24.3 Å². The summed E-state index contributed by atoms with van der Waals surface area (Å²) < 4.78 is 18.2. The standard InChI is InChI=1S/C16H15FN2O3/c1-22-13-4-2-3-11(7-13)9-16(21)19-18-10-12-5-6-15(20)14(17)8-12/h2-8,10,20H,9H2,1H3,(H,19,21)/b18-10+. The van der Waals surface area contributed by atoms with Crippen LogP contribution < -0.4 is 10.2 Å². The number of hydrogen-bond acceptors (Lipinski definition) is 4. The highest BCUT2D eigenvalue weighted by Gasteiger charge is 2.03. The summed E-state index contributed by atoms with van der Waals surface area (Å²) in [5, 5.41) is 12.8. The van der Waals surface area contributed by atoms with Gasteiger partial charge in [0.25, 0.3) is 0 Å². The van der Waals surface area contributed by atoms with Gasteiger partial charge in [0.15, 0.2) is 11.6 Å². The van der Waals surface area contributed by atoms with Crippen LogP contribution in [0.15, 0.2) is 47.6 Å². The van der Waals surface area contributed by atoms with Gasteiger partial charge < -0.3 is 9.84 Å². The number of methoxy groups -OCH3 is 1. The number of phenols is 1. The highest BCUT2D eigenvalue weighted by Crippen LogP contribution is 2.15. The van der Waals surface area contributed by atoms with Crippen LogP contribution >= 0.6 is 0 Å². The SMILES string of the molecule is COc1cccc(CC(=O)N/N=C/c2ccc(O)c(F)c2)c1. The molecule has 0 aliphatic heterocycles. The fourth-order valence-corrected chi connectivity index (χ4v) is 1.79. The second-order valence-electron chi connectivity index (χ2n) is 4.53. The van der Waals surface area contributed by atoms with Gasteiger partial charge in [0, 0.05) is 0 Å². The summed E-state index contributed by atoms with van der Waals surface area (Å²) in [5.74, 6) is -0.803. The number of carbonyl (C=O) groups excluding carboxylic acids is 1. The van der Waals surface area contributed by atoms with Crippen molar-refractivity contribution in [3.63, 3.8) is 0 Å². The van der Waals surface area contributed by atoms with E-state index in [1.807, 2.05) is 0 Å². The van der Waals surface area contributed by atoms with Crippen LogP contribution in [-0.2, 0) is 11.2 Å². The Kier molecular flexibility index (Phi) is 5.08. The van der Waals surface area contributed by atoms with Crippen molar-refractivity contribution in [3.8, 4) is 11.5 Å². The molecule has 0 aliphatic rings. The van der Waals surface area contributed by atoms with Crippen LogP contribution in [0.2, 0.25) is 0 Å². The predicted octanol–water partition coefficient (Wildman–Crippen LogP) is 2.23. The number of ether oxygens (including phenoxy) is 1. The van der Waals surface area contributed by atoms with E-state index < -0.39 is 11.6 Å². The largest absolute Gasteiger partial charge is 0.505 e. The number of hydrazone groups is 1. The van der Waals surface area contributed by atoms with Crippen molar-refractivity contribution in [1.29, 1.82) is 0 Å². The van der Waals surface area contributed by atoms with E-state index in [9.17, 15) is 9.18 Å². The zero-order chi connectivity index (χ0) is 15.9. The fourth-order valence-electron chi connectivity index (χ4n) is 1.79. The molecule has 0 saturated heterocycles. The normalized spacial score (nSPS) is 10.6. The van der Waals surface area contributed by atoms with Crippen molar-refractivity contribution in [1.82, 2.24) is 5.43 Å². The monoisotopic (exact) mass is 302 g/mol. The van der Waals surface area contributed by atoms with Gasteiger partial charge in [0.05, 0.1) is 19.7 Å². The first-order valence-corrected chi connectivity index (χ1v) is 6.52. The van der Waals surface area contributed by atoms with Gasteiger partial charge in [0.2, 0.25) is 5.91 Å². The molecule has 0 heterocycles. The molecule has 2 aromatic carbocycles. The number of phenolic OH excluding ortho intramolecular Hbond substituents is 1. The lowest BCUT2D eigenvalue weighted by Gasteiger charge is -2.03. The maximum Gasteiger partial charge on any atom is 0.244 e. The minimum absolute atomic E-state index is 0.151. The van der Waals surface area contributed by atoms with Crippen molar-refractivity contribution in [2.24, 2.45) is 5.10 Å². The van der Waals surface area contributed by atoms with Crippen LogP contribution in [0.5, 0.6) is 11.5 Å². The summed E-state index contributed by atoms with van der Waals surface area (Å²) in [5.41, 5.74) is 3.58. The quantitative estimate of drug-likeness (QED) is 0.657. The third-order valence-corrected chi connectivity index (χ3v) is 2.87. The number of halogens is 1. The number of aromatic hydroxyl groups is 1. The van der Waals surface area contributed by atoms with E-state index in [0.29, 0.717) is 11.3 Å². The van der Waals surface area contributed by atoms with E-state index in [1.165, 1.54) is 18.3 Å². The zero-order valence-electron chi connectivity index (χ0n) is 11.9. The number of amides is 1. The Morgan fingerprint density at radius 1 is 1.36 bits per heavy atom. The molecule has 0 aromatic heterocycles. The molecule has 0 aliphatic carbocycles. The van der Waals surface area contributed by atoms with E-state index in [4.69, 9.17) is 9.84 Å². The average Bonchev–Trinajstić information content (AvgIpc) is 2.51. The third-order valence-electron chi connectivity index (χ3n) is 2.87. The molecule has 2 N–H and O–H groups in total. The summed E-state index contributed by atoms with van der Waals surface area (Å²) in [7, 11) is 1.56. The minimum Gasteiger partial charge on any atom is -0.505 e. The maximum absolute atomic E-state index is 13.1. The molecule has 1 amide bonds. The first-order valence-electron chi connectivity index (χ1n) is 6.52. The number of hydrogen-bond donors (Lipinski definition) is 2. The number of benzene rings is 2. The average molecular weight is 302 g/mol. The molecule has 0 bridgehead atoms. The van der Waals surface area contributed by atoms with Crippen molar-refractivity contribution in [2.45, 2.75) is 6.42 Å². The van der Waals surface area contributed by atoms with E-state index in [1.54, 1.807) is 31.4 Å². The van der Waals surface area contributed by atoms with Gasteiger partial charge in [-0.25, -0.2) is 9.82 Å². The lowest BCUT2D eigenvalue weighted by Crippen LogP contribution is -2.19. The third kappa shape index (κ3) is 4.31. The summed E-state index contributed by atoms with van der Waals surface area (Å²) >= 11 is 0. The molecule has 2 aromatic rings. The molecule has 0 saturated carbocycles. The fraction of sp³-hybridized carbons (Fsp3) is 0.125. The van der Waals surface area contributed by atoms with E-state index in [0.717, 1.165) is 11.6 Å². The van der Waals surface area contributed by atoms with Gasteiger partial charge in [-0.2, -0.15) is 5.10 Å². The molecule has 0 spiro atoms. The second-order valence-corrected chi connectivity index (χ2v) is 4.53. The summed E-state index contributed by atoms with van der Waals surface area (Å²) in [6, 6.07) is 11.0.